The summed E-state index contributed by atoms with van der Waals surface area (Å²) in [6.45, 7) is 0. The number of H-pyrrole nitrogens is 1. The van der Waals surface area contributed by atoms with Crippen molar-refractivity contribution >= 4 is 46.5 Å². The number of aromatic nitrogens is 1. The van der Waals surface area contributed by atoms with E-state index in [-0.39, 0.29) is 11.3 Å². The van der Waals surface area contributed by atoms with Gasteiger partial charge in [0.1, 0.15) is 5.56 Å². The Morgan fingerprint density at radius 3 is 2.52 bits per heavy atom. The molecule has 27 heavy (non-hydrogen) atoms. The summed E-state index contributed by atoms with van der Waals surface area (Å²) in [6, 6.07) is 13.9. The van der Waals surface area contributed by atoms with E-state index >= 15 is 0 Å². The van der Waals surface area contributed by atoms with Crippen LogP contribution >= 0.6 is 34.7 Å². The third-order valence-electron chi connectivity index (χ3n) is 3.44. The molecule has 2 heterocycles. The topological polar surface area (TPSA) is 91.1 Å². The number of thiophene rings is 1. The predicted molar refractivity (Wildman–Crippen MR) is 108 cm³/mol. The van der Waals surface area contributed by atoms with E-state index in [9.17, 15) is 14.4 Å². The first-order valence-electron chi connectivity index (χ1n) is 7.77. The largest absolute Gasteiger partial charge is 0.321 e. The smallest absolute Gasteiger partial charge is 0.275 e. The summed E-state index contributed by atoms with van der Waals surface area (Å²) in [5.41, 5.74) is 4.57. The number of carbonyl (C=O) groups is 2. The minimum absolute atomic E-state index is 0.0824. The summed E-state index contributed by atoms with van der Waals surface area (Å²) in [6.07, 6.45) is 0. The van der Waals surface area contributed by atoms with Gasteiger partial charge < -0.3 is 4.98 Å². The van der Waals surface area contributed by atoms with E-state index in [2.05, 4.69) is 15.8 Å². The number of pyridine rings is 1. The number of benzene rings is 1. The molecule has 2 amide bonds. The van der Waals surface area contributed by atoms with Gasteiger partial charge in [0, 0.05) is 9.92 Å². The van der Waals surface area contributed by atoms with Crippen LogP contribution in [0.1, 0.15) is 10.4 Å². The normalized spacial score (nSPS) is 10.4. The second kappa shape index (κ2) is 8.90. The maximum atomic E-state index is 12.1. The molecule has 0 atom stereocenters. The van der Waals surface area contributed by atoms with Crippen LogP contribution < -0.4 is 16.4 Å². The van der Waals surface area contributed by atoms with Gasteiger partial charge in [-0.25, -0.2) is 0 Å². The molecule has 0 aliphatic heterocycles. The quantitative estimate of drug-likeness (QED) is 0.437. The molecule has 0 saturated carbocycles. The van der Waals surface area contributed by atoms with Crippen LogP contribution in [0.5, 0.6) is 0 Å². The Labute approximate surface area is 167 Å². The monoisotopic (exact) mass is 419 g/mol. The first kappa shape index (κ1) is 19.2. The second-order valence-corrected chi connectivity index (χ2v) is 7.77. The third kappa shape index (κ3) is 5.22. The SMILES string of the molecule is O=C(CSc1ccc(Cl)cc1)NNC(=O)c1ccc(-c2cccs2)[nH]c1=O. The lowest BCUT2D eigenvalue weighted by atomic mass is 10.2. The summed E-state index contributed by atoms with van der Waals surface area (Å²) < 4.78 is 0. The molecule has 3 N–H and O–H groups in total. The highest BCUT2D eigenvalue weighted by molar-refractivity contribution is 8.00. The molecule has 2 aromatic heterocycles. The number of halogens is 1. The highest BCUT2D eigenvalue weighted by atomic mass is 35.5. The van der Waals surface area contributed by atoms with Gasteiger partial charge >= 0.3 is 0 Å². The fraction of sp³-hybridized carbons (Fsp3) is 0.0556. The van der Waals surface area contributed by atoms with Crippen LogP contribution in [-0.4, -0.2) is 22.6 Å². The van der Waals surface area contributed by atoms with Crippen molar-refractivity contribution in [1.82, 2.24) is 15.8 Å². The number of carbonyl (C=O) groups excluding carboxylic acids is 2. The molecular weight excluding hydrogens is 406 g/mol. The predicted octanol–water partition coefficient (Wildman–Crippen LogP) is 3.31. The first-order valence-corrected chi connectivity index (χ1v) is 10.0. The zero-order chi connectivity index (χ0) is 19.2. The number of amides is 2. The fourth-order valence-electron chi connectivity index (χ4n) is 2.14. The van der Waals surface area contributed by atoms with Crippen LogP contribution in [0.15, 0.2) is 63.6 Å². The molecule has 0 fully saturated rings. The van der Waals surface area contributed by atoms with Crippen molar-refractivity contribution in [3.63, 3.8) is 0 Å². The number of thioether (sulfide) groups is 1. The van der Waals surface area contributed by atoms with Gasteiger partial charge in [-0.1, -0.05) is 17.7 Å². The fourth-order valence-corrected chi connectivity index (χ4v) is 3.67. The highest BCUT2D eigenvalue weighted by Crippen LogP contribution is 2.21. The maximum absolute atomic E-state index is 12.1. The van der Waals surface area contributed by atoms with Gasteiger partial charge in [-0.05, 0) is 47.8 Å². The van der Waals surface area contributed by atoms with Gasteiger partial charge in [-0.3, -0.25) is 25.2 Å². The number of hydrogen-bond donors (Lipinski definition) is 3. The number of aromatic amines is 1. The van der Waals surface area contributed by atoms with Crippen molar-refractivity contribution in [1.29, 1.82) is 0 Å². The molecule has 0 bridgehead atoms. The summed E-state index contributed by atoms with van der Waals surface area (Å²) in [5.74, 6) is -0.968. The minimum Gasteiger partial charge on any atom is -0.321 e. The first-order chi connectivity index (χ1) is 13.0. The van der Waals surface area contributed by atoms with Crippen LogP contribution in [0, 0.1) is 0 Å². The van der Waals surface area contributed by atoms with E-state index in [1.54, 1.807) is 30.3 Å². The highest BCUT2D eigenvalue weighted by Gasteiger charge is 2.13. The van der Waals surface area contributed by atoms with Gasteiger partial charge in [-0.2, -0.15) is 0 Å². The van der Waals surface area contributed by atoms with Crippen LogP contribution in [0.25, 0.3) is 10.6 Å². The lowest BCUT2D eigenvalue weighted by Crippen LogP contribution is -2.44. The van der Waals surface area contributed by atoms with E-state index in [1.165, 1.54) is 29.2 Å². The minimum atomic E-state index is -0.682. The Hall–Kier alpha value is -2.55. The van der Waals surface area contributed by atoms with E-state index in [0.29, 0.717) is 10.7 Å². The van der Waals surface area contributed by atoms with E-state index in [4.69, 9.17) is 11.6 Å². The zero-order valence-electron chi connectivity index (χ0n) is 13.8. The van der Waals surface area contributed by atoms with Crippen molar-refractivity contribution in [2.24, 2.45) is 0 Å². The van der Waals surface area contributed by atoms with Crippen LogP contribution in [0.3, 0.4) is 0 Å². The Kier molecular flexibility index (Phi) is 6.33. The Morgan fingerprint density at radius 2 is 1.85 bits per heavy atom. The maximum Gasteiger partial charge on any atom is 0.275 e. The molecule has 1 aromatic carbocycles. The summed E-state index contributed by atoms with van der Waals surface area (Å²) in [7, 11) is 0. The molecule has 6 nitrogen and oxygen atoms in total. The average molecular weight is 420 g/mol. The van der Waals surface area contributed by atoms with Gasteiger partial charge in [0.2, 0.25) is 5.91 Å². The summed E-state index contributed by atoms with van der Waals surface area (Å²) in [5, 5.41) is 2.51. The second-order valence-electron chi connectivity index (χ2n) is 5.34. The number of hydrogen-bond acceptors (Lipinski definition) is 5. The molecule has 3 aromatic rings. The molecule has 0 aliphatic rings. The van der Waals surface area contributed by atoms with Gasteiger partial charge in [0.15, 0.2) is 0 Å². The van der Waals surface area contributed by atoms with Crippen molar-refractivity contribution in [2.75, 3.05) is 5.75 Å². The zero-order valence-corrected chi connectivity index (χ0v) is 16.2. The molecule has 0 spiro atoms. The molecule has 138 valence electrons. The number of hydrazine groups is 1. The van der Waals surface area contributed by atoms with E-state index in [1.807, 2.05) is 17.5 Å². The van der Waals surface area contributed by atoms with E-state index in [0.717, 1.165) is 9.77 Å². The molecule has 9 heteroatoms. The molecule has 0 aliphatic carbocycles. The Bertz CT molecular complexity index is 1000. The third-order valence-corrected chi connectivity index (χ3v) is 5.61. The molecule has 0 unspecified atom stereocenters. The standard InChI is InChI=1S/C18H14ClN3O3S2/c19-11-3-5-12(6-4-11)27-10-16(23)21-22-18(25)13-7-8-14(20-17(13)24)15-2-1-9-26-15/h1-9H,10H2,(H,20,24)(H,21,23)(H,22,25). The van der Waals surface area contributed by atoms with Crippen LogP contribution in [-0.2, 0) is 4.79 Å². The van der Waals surface area contributed by atoms with Crippen molar-refractivity contribution in [2.45, 2.75) is 4.90 Å². The van der Waals surface area contributed by atoms with Gasteiger partial charge in [0.05, 0.1) is 16.3 Å². The summed E-state index contributed by atoms with van der Waals surface area (Å²) in [4.78, 5) is 40.5. The lowest BCUT2D eigenvalue weighted by Gasteiger charge is -2.07. The van der Waals surface area contributed by atoms with Crippen LogP contribution in [0.4, 0.5) is 0 Å². The molecular formula is C18H14ClN3O3S2. The van der Waals surface area contributed by atoms with Crippen molar-refractivity contribution in [3.8, 4) is 10.6 Å². The van der Waals surface area contributed by atoms with Crippen molar-refractivity contribution < 1.29 is 9.59 Å². The van der Waals surface area contributed by atoms with Crippen molar-refractivity contribution in [3.05, 3.63) is 74.9 Å². The molecule has 3 rings (SSSR count). The van der Waals surface area contributed by atoms with Gasteiger partial charge in [-0.15, -0.1) is 23.1 Å². The molecule has 0 radical (unpaired) electrons. The summed E-state index contributed by atoms with van der Waals surface area (Å²) >= 11 is 8.58. The van der Waals surface area contributed by atoms with Crippen LogP contribution in [0.2, 0.25) is 5.02 Å². The number of nitrogens with one attached hydrogen (secondary N) is 3. The lowest BCUT2D eigenvalue weighted by molar-refractivity contribution is -0.119. The number of rotatable bonds is 5. The van der Waals surface area contributed by atoms with E-state index < -0.39 is 17.4 Å². The Morgan fingerprint density at radius 1 is 1.07 bits per heavy atom. The average Bonchev–Trinajstić information content (AvgIpc) is 3.20. The van der Waals surface area contributed by atoms with Gasteiger partial charge in [0.25, 0.3) is 11.5 Å². The molecule has 0 saturated heterocycles. The Balaban J connectivity index is 1.53.